The Morgan fingerprint density at radius 3 is 2.25 bits per heavy atom. The quantitative estimate of drug-likeness (QED) is 0.142. The number of hydrogen-bond donors (Lipinski definition) is 5. The lowest BCUT2D eigenvalue weighted by Crippen LogP contribution is -2.61. The molecule has 0 bridgehead atoms. The first kappa shape index (κ1) is 54.2. The van der Waals surface area contributed by atoms with E-state index in [0.29, 0.717) is 31.5 Å². The summed E-state index contributed by atoms with van der Waals surface area (Å²) >= 11 is 0. The van der Waals surface area contributed by atoms with Gasteiger partial charge in [-0.2, -0.15) is 0 Å². The molecule has 3 aliphatic heterocycles. The van der Waals surface area contributed by atoms with Crippen LogP contribution < -0.4 is 5.32 Å². The molecule has 4 rings (SSSR count). The molecule has 1 aromatic rings. The average molecular weight is 911 g/mol. The van der Waals surface area contributed by atoms with Crippen molar-refractivity contribution in [3.63, 3.8) is 0 Å². The summed E-state index contributed by atoms with van der Waals surface area (Å²) in [5.41, 5.74) is -3.94. The van der Waals surface area contributed by atoms with Crippen molar-refractivity contribution in [1.82, 2.24) is 20.1 Å². The van der Waals surface area contributed by atoms with Crippen LogP contribution in [-0.4, -0.2) is 185 Å². The van der Waals surface area contributed by atoms with E-state index in [-0.39, 0.29) is 49.8 Å². The van der Waals surface area contributed by atoms with E-state index in [0.717, 1.165) is 0 Å². The van der Waals surface area contributed by atoms with Gasteiger partial charge in [-0.05, 0) is 113 Å². The highest BCUT2D eigenvalue weighted by molar-refractivity contribution is 5.93. The number of cyclic esters (lactones) is 1. The third kappa shape index (κ3) is 13.2. The molecule has 0 aliphatic carbocycles. The number of ether oxygens (including phenoxy) is 7. The van der Waals surface area contributed by atoms with E-state index in [1.165, 1.54) is 14.0 Å². The molecule has 0 spiro atoms. The zero-order valence-electron chi connectivity index (χ0n) is 40.9. The van der Waals surface area contributed by atoms with Gasteiger partial charge >= 0.3 is 5.97 Å². The highest BCUT2D eigenvalue weighted by atomic mass is 16.7. The van der Waals surface area contributed by atoms with E-state index >= 15 is 0 Å². The van der Waals surface area contributed by atoms with Crippen LogP contribution in [0.2, 0.25) is 0 Å². The summed E-state index contributed by atoms with van der Waals surface area (Å²) < 4.78 is 45.4. The number of nitrogens with zero attached hydrogens (tertiary/aromatic N) is 3. The minimum absolute atomic E-state index is 0.119. The summed E-state index contributed by atoms with van der Waals surface area (Å²) in [4.78, 5) is 35.2. The summed E-state index contributed by atoms with van der Waals surface area (Å²) in [7, 11) is 7.31. The van der Waals surface area contributed by atoms with Gasteiger partial charge in [0.25, 0.3) is 5.91 Å². The van der Waals surface area contributed by atoms with Gasteiger partial charge in [-0.15, -0.1) is 0 Å². The van der Waals surface area contributed by atoms with Crippen LogP contribution in [0.4, 0.5) is 0 Å². The predicted molar refractivity (Wildman–Crippen MR) is 239 cm³/mol. The Hall–Kier alpha value is -2.39. The van der Waals surface area contributed by atoms with Gasteiger partial charge in [0.2, 0.25) is 0 Å². The first-order valence-corrected chi connectivity index (χ1v) is 23.2. The van der Waals surface area contributed by atoms with Crippen molar-refractivity contribution in [3.8, 4) is 0 Å². The molecule has 17 heteroatoms. The number of carbonyl (C=O) groups is 2. The predicted octanol–water partition coefficient (Wildman–Crippen LogP) is 3.14. The molecule has 4 heterocycles. The summed E-state index contributed by atoms with van der Waals surface area (Å²) in [6.45, 7) is 18.9. The second kappa shape index (κ2) is 23.1. The van der Waals surface area contributed by atoms with Crippen LogP contribution in [0.3, 0.4) is 0 Å². The fraction of sp³-hybridized carbons (Fsp3) is 0.851. The maximum Gasteiger partial charge on any atom is 0.311 e. The molecule has 5 N–H and O–H groups in total. The third-order valence-electron chi connectivity index (χ3n) is 14.0. The summed E-state index contributed by atoms with van der Waals surface area (Å²) in [6, 6.07) is 2.59. The highest BCUT2D eigenvalue weighted by Crippen LogP contribution is 2.40. The minimum Gasteiger partial charge on any atom is -0.459 e. The molecule has 18 atom stereocenters. The number of amides is 1. The Morgan fingerprint density at radius 2 is 1.64 bits per heavy atom. The van der Waals surface area contributed by atoms with Gasteiger partial charge in [-0.25, -0.2) is 0 Å². The third-order valence-corrected chi connectivity index (χ3v) is 14.0. The number of rotatable bonds is 13. The van der Waals surface area contributed by atoms with Gasteiger partial charge in [-0.1, -0.05) is 20.8 Å². The highest BCUT2D eigenvalue weighted by Gasteiger charge is 2.53. The molecular formula is C47H82N4O13. The lowest BCUT2D eigenvalue weighted by molar-refractivity contribution is -0.321. The van der Waals surface area contributed by atoms with Crippen LogP contribution >= 0.6 is 0 Å². The molecule has 0 aromatic carbocycles. The first-order valence-electron chi connectivity index (χ1n) is 23.2. The van der Waals surface area contributed by atoms with Crippen LogP contribution in [0, 0.1) is 17.8 Å². The minimum atomic E-state index is -1.82. The molecule has 0 saturated carbocycles. The lowest BCUT2D eigenvalue weighted by atomic mass is 9.77. The van der Waals surface area contributed by atoms with E-state index < -0.39 is 96.0 Å². The summed E-state index contributed by atoms with van der Waals surface area (Å²) in [5, 5.41) is 50.4. The van der Waals surface area contributed by atoms with Gasteiger partial charge in [0.05, 0.1) is 41.5 Å². The smallest absolute Gasteiger partial charge is 0.311 e. The van der Waals surface area contributed by atoms with Crippen LogP contribution in [0.25, 0.3) is 0 Å². The molecule has 1 amide bonds. The second-order valence-electron chi connectivity index (χ2n) is 19.9. The van der Waals surface area contributed by atoms with Crippen LogP contribution in [-0.2, 0) is 38.0 Å². The zero-order valence-corrected chi connectivity index (χ0v) is 40.9. The van der Waals surface area contributed by atoms with E-state index in [1.807, 2.05) is 53.7 Å². The van der Waals surface area contributed by atoms with Gasteiger partial charge in [0, 0.05) is 69.2 Å². The topological polar surface area (TPSA) is 211 Å². The SMILES string of the molecule is CC[C@H]1OC(=O)[C@H](C)[C@@H](O[C@H]2C[C@@](C)(OC)[C@@H](O)[C@H](C)O2)[C@H](C)[C@@H](O[C@@H]2O[C@H](C)C[C@H](N(C)C)[C@H]2OCCCNC(=O)c2ccncc2)[C@](C)(O)C[C@@H](C)CN(C)[C@H](C)[C@@H](O)[C@]1(C)O. The largest absolute Gasteiger partial charge is 0.459 e. The van der Waals surface area contributed by atoms with Crippen molar-refractivity contribution >= 4 is 11.9 Å². The van der Waals surface area contributed by atoms with Crippen molar-refractivity contribution in [3.05, 3.63) is 30.1 Å². The Bertz CT molecular complexity index is 1610. The monoisotopic (exact) mass is 911 g/mol. The number of hydrogen-bond acceptors (Lipinski definition) is 16. The fourth-order valence-electron chi connectivity index (χ4n) is 10.0. The van der Waals surface area contributed by atoms with E-state index in [4.69, 9.17) is 33.2 Å². The maximum atomic E-state index is 14.5. The Morgan fingerprint density at radius 1 is 0.984 bits per heavy atom. The number of nitrogens with one attached hydrogen (secondary N) is 1. The number of pyridine rings is 1. The number of likely N-dealkylation sites (N-methyl/N-ethyl adjacent to an activating group) is 2. The molecule has 0 radical (unpaired) electrons. The molecule has 64 heavy (non-hydrogen) atoms. The zero-order chi connectivity index (χ0) is 47.9. The first-order chi connectivity index (χ1) is 29.9. The number of methoxy groups -OCH3 is 1. The van der Waals surface area contributed by atoms with Gasteiger partial charge in [0.15, 0.2) is 12.6 Å². The van der Waals surface area contributed by atoms with Gasteiger partial charge in [0.1, 0.15) is 30.0 Å². The van der Waals surface area contributed by atoms with Crippen molar-refractivity contribution in [2.45, 2.75) is 192 Å². The summed E-state index contributed by atoms with van der Waals surface area (Å²) in [5.74, 6) is -2.86. The standard InChI is InChI=1S/C47H82N4O13/c1-15-35-47(10,57)39(52)31(6)51(13)26-27(2)24-45(8,56)41(29(4)37(30(5)43(55)62-35)63-36-25-46(9,58-14)40(53)32(7)61-36)64-44-38(34(50(11)12)23-28(3)60-44)59-22-16-19-49-42(54)33-17-20-48-21-18-33/h17-18,20-21,27-32,34-41,44,52-53,56-57H,15-16,19,22-26H2,1-14H3,(H,49,54)/t27-,28-,29+,30-,31-,32+,34+,35-,36+,37+,38-,39-,40+,41-,44+,45-,46-,47-/m1/s1. The van der Waals surface area contributed by atoms with Crippen molar-refractivity contribution < 1.29 is 63.2 Å². The number of aliphatic hydroxyl groups excluding tert-OH is 2. The fourth-order valence-corrected chi connectivity index (χ4v) is 10.0. The number of esters is 1. The normalized spacial score (nSPS) is 42.4. The van der Waals surface area contributed by atoms with E-state index in [9.17, 15) is 30.0 Å². The molecular weight excluding hydrogens is 829 g/mol. The molecule has 1 aromatic heterocycles. The van der Waals surface area contributed by atoms with Crippen LogP contribution in [0.5, 0.6) is 0 Å². The van der Waals surface area contributed by atoms with E-state index in [2.05, 4.69) is 15.2 Å². The molecule has 3 fully saturated rings. The Balaban J connectivity index is 1.76. The van der Waals surface area contributed by atoms with Crippen LogP contribution in [0.15, 0.2) is 24.5 Å². The molecule has 368 valence electrons. The van der Waals surface area contributed by atoms with Crippen molar-refractivity contribution in [2.24, 2.45) is 17.8 Å². The van der Waals surface area contributed by atoms with Crippen molar-refractivity contribution in [1.29, 1.82) is 0 Å². The number of aromatic nitrogens is 1. The number of aliphatic hydroxyl groups is 4. The van der Waals surface area contributed by atoms with E-state index in [1.54, 1.807) is 59.1 Å². The molecule has 3 saturated heterocycles. The molecule has 17 nitrogen and oxygen atoms in total. The van der Waals surface area contributed by atoms with Gasteiger partial charge < -0.3 is 68.7 Å². The Kier molecular flexibility index (Phi) is 19.5. The number of carbonyl (C=O) groups excluding carboxylic acids is 2. The second-order valence-corrected chi connectivity index (χ2v) is 19.9. The maximum absolute atomic E-state index is 14.5. The molecule has 0 unspecified atom stereocenters. The summed E-state index contributed by atoms with van der Waals surface area (Å²) in [6.07, 6.45) is -4.13. The van der Waals surface area contributed by atoms with Crippen LogP contribution in [0.1, 0.15) is 112 Å². The van der Waals surface area contributed by atoms with Gasteiger partial charge in [-0.3, -0.25) is 14.6 Å². The molecule has 3 aliphatic rings. The Labute approximate surface area is 381 Å². The lowest BCUT2D eigenvalue weighted by Gasteiger charge is -2.49. The van der Waals surface area contributed by atoms with Crippen molar-refractivity contribution in [2.75, 3.05) is 47.9 Å². The average Bonchev–Trinajstić information content (AvgIpc) is 3.24.